The van der Waals surface area contributed by atoms with Gasteiger partial charge in [0.2, 0.25) is 5.91 Å². The van der Waals surface area contributed by atoms with Gasteiger partial charge in [-0.3, -0.25) is 4.79 Å². The zero-order valence-corrected chi connectivity index (χ0v) is 22.7. The second kappa shape index (κ2) is 12.5. The number of pyridine rings is 2. The number of halogens is 1. The Hall–Kier alpha value is -3.98. The number of hydrogen-bond acceptors (Lipinski definition) is 7. The van der Waals surface area contributed by atoms with E-state index in [1.54, 1.807) is 42.6 Å². The van der Waals surface area contributed by atoms with Crippen LogP contribution in [0.2, 0.25) is 0 Å². The summed E-state index contributed by atoms with van der Waals surface area (Å²) in [6.45, 7) is 0.845. The molecule has 0 atom stereocenters. The molecule has 1 saturated heterocycles. The van der Waals surface area contributed by atoms with Gasteiger partial charge in [-0.05, 0) is 65.7 Å². The second-order valence-electron chi connectivity index (χ2n) is 9.68. The van der Waals surface area contributed by atoms with Crippen molar-refractivity contribution in [2.75, 3.05) is 44.2 Å². The predicted octanol–water partition coefficient (Wildman–Crippen LogP) is 3.44. The first-order valence-corrected chi connectivity index (χ1v) is 12.8. The summed E-state index contributed by atoms with van der Waals surface area (Å²) in [7, 11) is 18.3. The Labute approximate surface area is 236 Å². The van der Waals surface area contributed by atoms with Gasteiger partial charge in [0, 0.05) is 62.8 Å². The minimum atomic E-state index is -1.96. The predicted molar refractivity (Wildman–Crippen MR) is 153 cm³/mol. The van der Waals surface area contributed by atoms with Gasteiger partial charge in [0.05, 0.1) is 22.8 Å². The first-order chi connectivity index (χ1) is 19.1. The van der Waals surface area contributed by atoms with Crippen LogP contribution in [-0.4, -0.2) is 72.0 Å². The average molecular weight is 538 g/mol. The van der Waals surface area contributed by atoms with Crippen LogP contribution in [0.1, 0.15) is 24.0 Å². The Morgan fingerprint density at radius 3 is 2.45 bits per heavy atom. The number of nitrogens with zero attached hydrogens (tertiary/aromatic N) is 4. The van der Waals surface area contributed by atoms with Gasteiger partial charge in [0.15, 0.2) is 0 Å². The molecule has 0 N–H and O–H groups in total. The molecule has 3 heterocycles. The number of anilines is 2. The quantitative estimate of drug-likeness (QED) is 0.247. The molecule has 1 aromatic carbocycles. The number of benzene rings is 1. The van der Waals surface area contributed by atoms with E-state index in [9.17, 15) is 9.59 Å². The number of rotatable bonds is 8. The van der Waals surface area contributed by atoms with Crippen molar-refractivity contribution in [3.8, 4) is 11.1 Å². The number of amides is 1. The summed E-state index contributed by atoms with van der Waals surface area (Å²) in [5.74, 6) is -0.992. The van der Waals surface area contributed by atoms with Crippen LogP contribution >= 0.6 is 0 Å². The van der Waals surface area contributed by atoms with Crippen LogP contribution in [0.5, 0.6) is 0 Å². The van der Waals surface area contributed by atoms with E-state index in [4.69, 9.17) is 20.4 Å². The first kappa shape index (κ1) is 29.0. The van der Waals surface area contributed by atoms with Crippen molar-refractivity contribution in [2.24, 2.45) is 5.92 Å². The maximum atomic E-state index is 15.5. The largest absolute Gasteiger partial charge is 0.466 e. The molecule has 1 amide bonds. The fourth-order valence-electron chi connectivity index (χ4n) is 4.44. The van der Waals surface area contributed by atoms with Crippen molar-refractivity contribution in [3.05, 3.63) is 77.9 Å². The van der Waals surface area contributed by atoms with E-state index in [0.717, 1.165) is 5.82 Å². The summed E-state index contributed by atoms with van der Waals surface area (Å²) in [5, 5.41) is -1.96. The third-order valence-corrected chi connectivity index (χ3v) is 6.72. The highest BCUT2D eigenvalue weighted by Gasteiger charge is 2.38. The van der Waals surface area contributed by atoms with Crippen LogP contribution in [0, 0.1) is 11.7 Å². The molecule has 0 bridgehead atoms. The molecule has 40 heavy (non-hydrogen) atoms. The fourth-order valence-corrected chi connectivity index (χ4v) is 4.44. The Bertz CT molecular complexity index is 1390. The molecule has 202 valence electrons. The molecule has 0 aliphatic carbocycles. The highest BCUT2D eigenvalue weighted by Crippen LogP contribution is 2.34. The summed E-state index contributed by atoms with van der Waals surface area (Å²) in [4.78, 5) is 37.2. The number of ether oxygens (including phenoxy) is 2. The molecule has 1 aliphatic rings. The number of esters is 1. The Morgan fingerprint density at radius 1 is 1.07 bits per heavy atom. The lowest BCUT2D eigenvalue weighted by Gasteiger charge is -2.42. The highest BCUT2D eigenvalue weighted by molar-refractivity contribution is 6.43. The molecule has 4 rings (SSSR count). The van der Waals surface area contributed by atoms with Crippen LogP contribution in [0.25, 0.3) is 17.2 Å². The van der Waals surface area contributed by atoms with E-state index in [2.05, 4.69) is 14.7 Å². The summed E-state index contributed by atoms with van der Waals surface area (Å²) < 4.78 is 25.6. The molecular weight excluding hydrogens is 509 g/mol. The Balaban J connectivity index is 1.73. The molecular formula is C29H29B2FN4O4. The van der Waals surface area contributed by atoms with Gasteiger partial charge in [-0.1, -0.05) is 12.1 Å². The van der Waals surface area contributed by atoms with Crippen molar-refractivity contribution in [1.82, 2.24) is 9.97 Å². The van der Waals surface area contributed by atoms with Gasteiger partial charge in [0.25, 0.3) is 0 Å². The standard InChI is InChI=1S/C29H29B2FN4O4/c1-35(2)25-8-5-21(18-34-25)23-7-6-22(17-24(23)32)29(30,31)36(28(38)20-11-14-40-15-12-20)26-16-19(10-13-33-26)4-9-27(37)39-3/h4-10,13,16-18,20H,11-12,14-15H2,1-3H3/b9-4+. The molecule has 8 nitrogen and oxygen atoms in total. The smallest absolute Gasteiger partial charge is 0.330 e. The fraction of sp³-hybridized carbons (Fsp3) is 0.310. The van der Waals surface area contributed by atoms with Gasteiger partial charge >= 0.3 is 5.97 Å². The van der Waals surface area contributed by atoms with Gasteiger partial charge < -0.3 is 19.3 Å². The topological polar surface area (TPSA) is 84.9 Å². The lowest BCUT2D eigenvalue weighted by Crippen LogP contribution is -2.54. The van der Waals surface area contributed by atoms with Crippen molar-refractivity contribution >= 4 is 45.3 Å². The normalized spacial score (nSPS) is 14.2. The van der Waals surface area contributed by atoms with Crippen LogP contribution < -0.4 is 9.80 Å². The van der Waals surface area contributed by atoms with Crippen molar-refractivity contribution in [2.45, 2.75) is 18.2 Å². The SMILES string of the molecule is [B]C([B])(c1ccc(-c2ccc(N(C)C)nc2)c(F)c1)N(C(=O)C1CCOCC1)c1cc(/C=C/C(=O)OC)ccn1. The molecule has 0 spiro atoms. The maximum absolute atomic E-state index is 15.5. The van der Waals surface area contributed by atoms with Gasteiger partial charge in [-0.25, -0.2) is 19.2 Å². The highest BCUT2D eigenvalue weighted by atomic mass is 19.1. The van der Waals surface area contributed by atoms with Gasteiger partial charge in [-0.15, -0.1) is 0 Å². The van der Waals surface area contributed by atoms with Crippen molar-refractivity contribution in [3.63, 3.8) is 0 Å². The molecule has 1 fully saturated rings. The van der Waals surface area contributed by atoms with E-state index in [-0.39, 0.29) is 17.3 Å². The van der Waals surface area contributed by atoms with E-state index < -0.39 is 23.0 Å². The minimum Gasteiger partial charge on any atom is -0.466 e. The van der Waals surface area contributed by atoms with E-state index in [1.165, 1.54) is 36.4 Å². The van der Waals surface area contributed by atoms with Crippen molar-refractivity contribution < 1.29 is 23.5 Å². The zero-order chi connectivity index (χ0) is 28.9. The van der Waals surface area contributed by atoms with Crippen molar-refractivity contribution in [1.29, 1.82) is 0 Å². The monoisotopic (exact) mass is 538 g/mol. The van der Waals surface area contributed by atoms with Gasteiger partial charge in [0.1, 0.15) is 17.5 Å². The molecule has 0 unspecified atom stereocenters. The third-order valence-electron chi connectivity index (χ3n) is 6.72. The first-order valence-electron chi connectivity index (χ1n) is 12.8. The van der Waals surface area contributed by atoms with Gasteiger partial charge in [-0.2, -0.15) is 0 Å². The molecule has 11 heteroatoms. The van der Waals surface area contributed by atoms with E-state index in [1.807, 2.05) is 19.0 Å². The number of carbonyl (C=O) groups excluding carboxylic acids is 2. The average Bonchev–Trinajstić information content (AvgIpc) is 2.96. The zero-order valence-electron chi connectivity index (χ0n) is 22.7. The van der Waals surface area contributed by atoms with Crippen LogP contribution in [-0.2, 0) is 24.4 Å². The number of aromatic nitrogens is 2. The second-order valence-corrected chi connectivity index (χ2v) is 9.68. The summed E-state index contributed by atoms with van der Waals surface area (Å²) in [6, 6.07) is 11.2. The lowest BCUT2D eigenvalue weighted by molar-refractivity contribution is -0.134. The number of carbonyl (C=O) groups is 2. The lowest BCUT2D eigenvalue weighted by atomic mass is 9.56. The third kappa shape index (κ3) is 6.42. The summed E-state index contributed by atoms with van der Waals surface area (Å²) in [6.07, 6.45) is 6.79. The maximum Gasteiger partial charge on any atom is 0.330 e. The molecule has 0 saturated carbocycles. The van der Waals surface area contributed by atoms with Crippen LogP contribution in [0.4, 0.5) is 16.0 Å². The van der Waals surface area contributed by atoms with Crippen LogP contribution in [0.3, 0.4) is 0 Å². The number of hydrogen-bond donors (Lipinski definition) is 0. The van der Waals surface area contributed by atoms with E-state index in [0.29, 0.717) is 42.7 Å². The number of methoxy groups -OCH3 is 1. The molecule has 4 radical (unpaired) electrons. The molecule has 1 aliphatic heterocycles. The van der Waals surface area contributed by atoms with E-state index >= 15 is 4.39 Å². The Morgan fingerprint density at radius 2 is 1.82 bits per heavy atom. The molecule has 2 aromatic heterocycles. The Kier molecular flexibility index (Phi) is 9.04. The summed E-state index contributed by atoms with van der Waals surface area (Å²) >= 11 is 0. The summed E-state index contributed by atoms with van der Waals surface area (Å²) in [5.41, 5.74) is 1.62. The molecule has 3 aromatic rings. The van der Waals surface area contributed by atoms with Crippen LogP contribution in [0.15, 0.2) is 60.9 Å². The minimum absolute atomic E-state index is 0.154.